The molecule has 7 heteroatoms. The summed E-state index contributed by atoms with van der Waals surface area (Å²) in [5.41, 5.74) is 0. The first-order valence-corrected chi connectivity index (χ1v) is 7.94. The van der Waals surface area contributed by atoms with Crippen molar-refractivity contribution < 1.29 is 17.9 Å². The van der Waals surface area contributed by atoms with Crippen LogP contribution >= 0.6 is 15.9 Å². The Balaban J connectivity index is 4.60. The van der Waals surface area contributed by atoms with E-state index < -0.39 is 15.1 Å². The Hall–Kier alpha value is -0.140. The molecule has 1 unspecified atom stereocenters. The van der Waals surface area contributed by atoms with Gasteiger partial charge in [0.2, 0.25) is 5.91 Å². The molecular formula is C9H18BrNO4S. The molecule has 0 saturated heterocycles. The van der Waals surface area contributed by atoms with Gasteiger partial charge in [-0.3, -0.25) is 4.79 Å². The van der Waals surface area contributed by atoms with Gasteiger partial charge in [0.05, 0.1) is 6.61 Å². The van der Waals surface area contributed by atoms with Crippen LogP contribution in [0, 0.1) is 0 Å². The van der Waals surface area contributed by atoms with E-state index in [-0.39, 0.29) is 5.91 Å². The summed E-state index contributed by atoms with van der Waals surface area (Å²) in [4.78, 5) is 13.3. The van der Waals surface area contributed by atoms with Crippen molar-refractivity contribution in [1.82, 2.24) is 4.90 Å². The molecule has 0 saturated carbocycles. The van der Waals surface area contributed by atoms with Crippen molar-refractivity contribution in [3.05, 3.63) is 0 Å². The van der Waals surface area contributed by atoms with E-state index in [1.165, 1.54) is 18.9 Å². The molecule has 0 bridgehead atoms. The number of rotatable bonds is 7. The van der Waals surface area contributed by atoms with E-state index in [1.807, 2.05) is 0 Å². The maximum atomic E-state index is 11.9. The van der Waals surface area contributed by atoms with Crippen molar-refractivity contribution in [2.45, 2.75) is 12.2 Å². The Bertz CT molecular complexity index is 317. The van der Waals surface area contributed by atoms with Gasteiger partial charge in [0, 0.05) is 31.8 Å². The number of hydrogen-bond acceptors (Lipinski definition) is 4. The summed E-state index contributed by atoms with van der Waals surface area (Å²) in [6.07, 6.45) is 1.07. The third kappa shape index (κ3) is 5.27. The van der Waals surface area contributed by atoms with Crippen LogP contribution in [0.2, 0.25) is 0 Å². The Morgan fingerprint density at radius 2 is 2.00 bits per heavy atom. The Morgan fingerprint density at radius 3 is 2.38 bits per heavy atom. The molecule has 1 atom stereocenters. The number of halogens is 1. The summed E-state index contributed by atoms with van der Waals surface area (Å²) in [7, 11) is -1.80. The maximum Gasteiger partial charge on any atom is 0.240 e. The Kier molecular flexibility index (Phi) is 7.17. The minimum Gasteiger partial charge on any atom is -0.383 e. The van der Waals surface area contributed by atoms with Gasteiger partial charge >= 0.3 is 0 Å². The second kappa shape index (κ2) is 7.24. The van der Waals surface area contributed by atoms with Crippen LogP contribution in [0.4, 0.5) is 0 Å². The highest BCUT2D eigenvalue weighted by atomic mass is 79.9. The zero-order chi connectivity index (χ0) is 12.8. The van der Waals surface area contributed by atoms with Gasteiger partial charge in [0.25, 0.3) is 0 Å². The van der Waals surface area contributed by atoms with E-state index in [1.54, 1.807) is 0 Å². The third-order valence-electron chi connectivity index (χ3n) is 2.22. The fourth-order valence-corrected chi connectivity index (χ4v) is 2.02. The molecule has 0 aromatic rings. The molecule has 0 aliphatic rings. The monoisotopic (exact) mass is 315 g/mol. The van der Waals surface area contributed by atoms with E-state index in [9.17, 15) is 13.2 Å². The van der Waals surface area contributed by atoms with Crippen LogP contribution in [-0.4, -0.2) is 62.9 Å². The van der Waals surface area contributed by atoms with E-state index in [4.69, 9.17) is 4.74 Å². The van der Waals surface area contributed by atoms with Crippen LogP contribution < -0.4 is 0 Å². The van der Waals surface area contributed by atoms with Crippen molar-refractivity contribution >= 4 is 31.7 Å². The van der Waals surface area contributed by atoms with Gasteiger partial charge < -0.3 is 9.64 Å². The lowest BCUT2D eigenvalue weighted by Crippen LogP contribution is -2.43. The predicted octanol–water partition coefficient (Wildman–Crippen LogP) is 0.289. The molecule has 1 amide bonds. The fourth-order valence-electron chi connectivity index (χ4n) is 1.08. The van der Waals surface area contributed by atoms with Crippen LogP contribution in [0.15, 0.2) is 0 Å². The summed E-state index contributed by atoms with van der Waals surface area (Å²) in [5, 5.41) is -0.387. The molecule has 0 rings (SSSR count). The summed E-state index contributed by atoms with van der Waals surface area (Å²) in [6, 6.07) is 0. The number of ether oxygens (including phenoxy) is 1. The first-order valence-electron chi connectivity index (χ1n) is 4.87. The van der Waals surface area contributed by atoms with Crippen LogP contribution in [0.3, 0.4) is 0 Å². The Morgan fingerprint density at radius 1 is 1.44 bits per heavy atom. The zero-order valence-electron chi connectivity index (χ0n) is 9.77. The molecule has 0 spiro atoms. The molecule has 96 valence electrons. The van der Waals surface area contributed by atoms with E-state index >= 15 is 0 Å². The number of carbonyl (C=O) groups is 1. The topological polar surface area (TPSA) is 63.7 Å². The van der Waals surface area contributed by atoms with Gasteiger partial charge in [0.1, 0.15) is 5.25 Å². The molecule has 16 heavy (non-hydrogen) atoms. The first kappa shape index (κ1) is 15.9. The average molecular weight is 316 g/mol. The quantitative estimate of drug-likeness (QED) is 0.633. The molecule has 0 aliphatic carbocycles. The number of nitrogens with zero attached hydrogens (tertiary/aromatic N) is 1. The molecule has 0 aliphatic heterocycles. The number of alkyl halides is 1. The lowest BCUT2D eigenvalue weighted by Gasteiger charge is -2.24. The Labute approximate surface area is 105 Å². The highest BCUT2D eigenvalue weighted by Crippen LogP contribution is 2.05. The summed E-state index contributed by atoms with van der Waals surface area (Å²) in [6.45, 7) is 2.68. The van der Waals surface area contributed by atoms with Crippen molar-refractivity contribution in [2.75, 3.05) is 38.4 Å². The lowest BCUT2D eigenvalue weighted by atomic mass is 10.3. The molecular weight excluding hydrogens is 298 g/mol. The number of carbonyl (C=O) groups excluding carboxylic acids is 1. The molecule has 0 aromatic heterocycles. The molecule has 0 heterocycles. The second-order valence-corrected chi connectivity index (χ2v) is 6.64. The van der Waals surface area contributed by atoms with Gasteiger partial charge in [-0.2, -0.15) is 0 Å². The van der Waals surface area contributed by atoms with Crippen molar-refractivity contribution in [3.63, 3.8) is 0 Å². The highest BCUT2D eigenvalue weighted by Gasteiger charge is 2.27. The van der Waals surface area contributed by atoms with Crippen LogP contribution in [0.25, 0.3) is 0 Å². The highest BCUT2D eigenvalue weighted by molar-refractivity contribution is 9.09. The summed E-state index contributed by atoms with van der Waals surface area (Å²) < 4.78 is 27.4. The maximum absolute atomic E-state index is 11.9. The van der Waals surface area contributed by atoms with Gasteiger partial charge in [-0.1, -0.05) is 15.9 Å². The number of amides is 1. The first-order chi connectivity index (χ1) is 7.34. The van der Waals surface area contributed by atoms with Crippen LogP contribution in [-0.2, 0) is 19.4 Å². The van der Waals surface area contributed by atoms with Gasteiger partial charge in [-0.15, -0.1) is 0 Å². The number of methoxy groups -OCH3 is 1. The number of sulfone groups is 1. The SMILES string of the molecule is COCCN(CCBr)C(=O)C(C)S(C)(=O)=O. The van der Waals surface area contributed by atoms with Gasteiger partial charge in [-0.25, -0.2) is 8.42 Å². The minimum absolute atomic E-state index is 0.376. The molecule has 0 fully saturated rings. The minimum atomic E-state index is -3.34. The zero-order valence-corrected chi connectivity index (χ0v) is 12.2. The average Bonchev–Trinajstić information content (AvgIpc) is 2.20. The number of hydrogen-bond donors (Lipinski definition) is 0. The van der Waals surface area contributed by atoms with E-state index in [0.29, 0.717) is 25.0 Å². The van der Waals surface area contributed by atoms with Gasteiger partial charge in [0.15, 0.2) is 9.84 Å². The largest absolute Gasteiger partial charge is 0.383 e. The van der Waals surface area contributed by atoms with Crippen LogP contribution in [0.5, 0.6) is 0 Å². The predicted molar refractivity (Wildman–Crippen MR) is 66.6 cm³/mol. The smallest absolute Gasteiger partial charge is 0.240 e. The lowest BCUT2D eigenvalue weighted by molar-refractivity contribution is -0.130. The molecule has 5 nitrogen and oxygen atoms in total. The molecule has 0 radical (unpaired) electrons. The second-order valence-electron chi connectivity index (χ2n) is 3.48. The summed E-state index contributed by atoms with van der Waals surface area (Å²) >= 11 is 3.23. The molecule has 0 aromatic carbocycles. The van der Waals surface area contributed by atoms with Crippen molar-refractivity contribution in [2.24, 2.45) is 0 Å². The molecule has 0 N–H and O–H groups in total. The van der Waals surface area contributed by atoms with Gasteiger partial charge in [-0.05, 0) is 6.92 Å². The third-order valence-corrected chi connectivity index (χ3v) is 4.06. The van der Waals surface area contributed by atoms with E-state index in [0.717, 1.165) is 6.26 Å². The fraction of sp³-hybridized carbons (Fsp3) is 0.889. The standard InChI is InChI=1S/C9H18BrNO4S/c1-8(16(3,13)14)9(12)11(5-4-10)6-7-15-2/h8H,4-7H2,1-3H3. The van der Waals surface area contributed by atoms with E-state index in [2.05, 4.69) is 15.9 Å². The van der Waals surface area contributed by atoms with Crippen molar-refractivity contribution in [3.8, 4) is 0 Å². The van der Waals surface area contributed by atoms with Crippen LogP contribution in [0.1, 0.15) is 6.92 Å². The normalized spacial score (nSPS) is 13.5. The van der Waals surface area contributed by atoms with Crippen molar-refractivity contribution in [1.29, 1.82) is 0 Å². The summed E-state index contributed by atoms with van der Waals surface area (Å²) in [5.74, 6) is -0.376.